The van der Waals surface area contributed by atoms with E-state index >= 15 is 0 Å². The van der Waals surface area contributed by atoms with Crippen LogP contribution < -0.4 is 33.9 Å². The number of amides is 1. The Hall–Kier alpha value is -5.37. The highest BCUT2D eigenvalue weighted by Crippen LogP contribution is 2.38. The van der Waals surface area contributed by atoms with E-state index in [0.29, 0.717) is 66.4 Å². The number of rotatable bonds is 18. The highest BCUT2D eigenvalue weighted by atomic mass is 32.2. The standard InChI is InChI=1S/C42H54N6O7S.H2/c1-11-20-56-40-44-36-37(48(40)24-29-14-12-28(13-15-29)23-43-41(49)55-42(4,5)6)39(54-27(2)3)46-45-38(36)47(25-30-16-18-32(50-7)21-34(30)52-9)26-31-17-19-33(51-8)22-35(31)53-10;/h12-19,21-22,27H,11,20,23-26H2,1-10H3,(H,43,49);1H. The van der Waals surface area contributed by atoms with Crippen molar-refractivity contribution in [2.24, 2.45) is 0 Å². The van der Waals surface area contributed by atoms with Crippen LogP contribution in [0, 0.1) is 0 Å². The van der Waals surface area contributed by atoms with Crippen LogP contribution in [0.3, 0.4) is 0 Å². The molecule has 0 radical (unpaired) electrons. The number of benzene rings is 3. The molecular formula is C42H56N6O7S. The number of methoxy groups -OCH3 is 4. The molecule has 0 unspecified atom stereocenters. The Morgan fingerprint density at radius 1 is 0.857 bits per heavy atom. The molecule has 0 aliphatic carbocycles. The molecule has 2 aromatic heterocycles. The summed E-state index contributed by atoms with van der Waals surface area (Å²) < 4.78 is 36.6. The third-order valence-electron chi connectivity index (χ3n) is 8.57. The fourth-order valence-electron chi connectivity index (χ4n) is 5.97. The fourth-order valence-corrected chi connectivity index (χ4v) is 6.83. The molecule has 14 heteroatoms. The molecule has 0 saturated carbocycles. The first kappa shape index (κ1) is 41.8. The van der Waals surface area contributed by atoms with E-state index in [1.807, 2.05) is 83.1 Å². The summed E-state index contributed by atoms with van der Waals surface area (Å²) in [6.45, 7) is 13.3. The Morgan fingerprint density at radius 3 is 1.96 bits per heavy atom. The van der Waals surface area contributed by atoms with Gasteiger partial charge in [0.05, 0.1) is 41.1 Å². The van der Waals surface area contributed by atoms with Gasteiger partial charge in [-0.3, -0.25) is 0 Å². The number of nitrogens with zero attached hydrogens (tertiary/aromatic N) is 5. The summed E-state index contributed by atoms with van der Waals surface area (Å²) in [5.74, 6) is 4.57. The SMILES string of the molecule is CCCSc1nc2c(N(Cc3ccc(OC)cc3OC)Cc3ccc(OC)cc3OC)nnc(OC(C)C)c2n1Cc1ccc(CNC(=O)OC(C)(C)C)cc1.[HH]. The van der Waals surface area contributed by atoms with Gasteiger partial charge in [-0.25, -0.2) is 9.78 Å². The van der Waals surface area contributed by atoms with Crippen LogP contribution in [-0.4, -0.2) is 71.7 Å². The normalized spacial score (nSPS) is 11.4. The second-order valence-electron chi connectivity index (χ2n) is 14.4. The van der Waals surface area contributed by atoms with Crippen molar-refractivity contribution in [1.29, 1.82) is 0 Å². The van der Waals surface area contributed by atoms with Crippen LogP contribution >= 0.6 is 11.8 Å². The number of carbonyl (C=O) groups excluding carboxylic acids is 1. The summed E-state index contributed by atoms with van der Waals surface area (Å²) in [6.07, 6.45) is 0.351. The van der Waals surface area contributed by atoms with Gasteiger partial charge >= 0.3 is 6.09 Å². The third-order valence-corrected chi connectivity index (χ3v) is 9.76. The molecule has 0 bridgehead atoms. The third kappa shape index (κ3) is 10.7. The van der Waals surface area contributed by atoms with Crippen molar-refractivity contribution in [2.75, 3.05) is 39.1 Å². The average Bonchev–Trinajstić information content (AvgIpc) is 3.53. The number of nitrogens with one attached hydrogen (secondary N) is 1. The van der Waals surface area contributed by atoms with Crippen molar-refractivity contribution < 1.29 is 34.6 Å². The molecule has 2 heterocycles. The Kier molecular flexibility index (Phi) is 14.2. The molecule has 5 rings (SSSR count). The van der Waals surface area contributed by atoms with Gasteiger partial charge in [0.25, 0.3) is 5.88 Å². The summed E-state index contributed by atoms with van der Waals surface area (Å²) >= 11 is 1.68. The predicted molar refractivity (Wildman–Crippen MR) is 222 cm³/mol. The number of aromatic nitrogens is 4. The minimum atomic E-state index is -0.570. The highest BCUT2D eigenvalue weighted by Gasteiger charge is 2.27. The molecule has 0 saturated heterocycles. The number of hydrogen-bond donors (Lipinski definition) is 1. The Morgan fingerprint density at radius 2 is 1.45 bits per heavy atom. The molecular weight excluding hydrogens is 733 g/mol. The van der Waals surface area contributed by atoms with Crippen LogP contribution in [0.15, 0.2) is 65.8 Å². The number of carbonyl (C=O) groups is 1. The van der Waals surface area contributed by atoms with Crippen molar-refractivity contribution in [3.05, 3.63) is 82.9 Å². The van der Waals surface area contributed by atoms with Crippen LogP contribution in [-0.2, 0) is 30.9 Å². The van der Waals surface area contributed by atoms with Gasteiger partial charge in [-0.15, -0.1) is 10.2 Å². The lowest BCUT2D eigenvalue weighted by Crippen LogP contribution is -2.32. The number of thioether (sulfide) groups is 1. The average molecular weight is 789 g/mol. The first-order valence-electron chi connectivity index (χ1n) is 18.6. The van der Waals surface area contributed by atoms with E-state index in [4.69, 9.17) is 43.6 Å². The van der Waals surface area contributed by atoms with Crippen LogP contribution in [0.2, 0.25) is 0 Å². The van der Waals surface area contributed by atoms with Gasteiger partial charge in [0.2, 0.25) is 0 Å². The van der Waals surface area contributed by atoms with Crippen LogP contribution in [0.4, 0.5) is 10.6 Å². The van der Waals surface area contributed by atoms with Crippen molar-refractivity contribution in [3.63, 3.8) is 0 Å². The van der Waals surface area contributed by atoms with E-state index in [2.05, 4.69) is 33.8 Å². The van der Waals surface area contributed by atoms with Gasteiger partial charge in [0.1, 0.15) is 39.6 Å². The van der Waals surface area contributed by atoms with Gasteiger partial charge in [-0.2, -0.15) is 0 Å². The number of alkyl carbamates (subject to hydrolysis) is 1. The smallest absolute Gasteiger partial charge is 0.407 e. The first-order chi connectivity index (χ1) is 26.9. The van der Waals surface area contributed by atoms with Crippen molar-refractivity contribution >= 4 is 34.7 Å². The number of hydrogen-bond acceptors (Lipinski definition) is 12. The maximum absolute atomic E-state index is 12.3. The monoisotopic (exact) mass is 788 g/mol. The van der Waals surface area contributed by atoms with E-state index in [9.17, 15) is 4.79 Å². The zero-order chi connectivity index (χ0) is 40.4. The zero-order valence-corrected chi connectivity index (χ0v) is 34.9. The number of anilines is 1. The molecule has 13 nitrogen and oxygen atoms in total. The van der Waals surface area contributed by atoms with E-state index in [0.717, 1.165) is 45.1 Å². The molecule has 5 aromatic rings. The van der Waals surface area contributed by atoms with Gasteiger partial charge in [0.15, 0.2) is 11.0 Å². The van der Waals surface area contributed by atoms with E-state index in [-0.39, 0.29) is 7.53 Å². The summed E-state index contributed by atoms with van der Waals surface area (Å²) in [5.41, 5.74) is 4.66. The van der Waals surface area contributed by atoms with Crippen LogP contribution in [0.5, 0.6) is 28.9 Å². The van der Waals surface area contributed by atoms with Gasteiger partial charge < -0.3 is 43.2 Å². The second-order valence-corrected chi connectivity index (χ2v) is 15.5. The van der Waals surface area contributed by atoms with E-state index < -0.39 is 11.7 Å². The number of imidazole rings is 1. The predicted octanol–water partition coefficient (Wildman–Crippen LogP) is 8.68. The van der Waals surface area contributed by atoms with Gasteiger partial charge in [-0.1, -0.05) is 43.0 Å². The lowest BCUT2D eigenvalue weighted by molar-refractivity contribution is 0.0523. The summed E-state index contributed by atoms with van der Waals surface area (Å²) in [4.78, 5) is 19.7. The van der Waals surface area contributed by atoms with Crippen LogP contribution in [0.1, 0.15) is 71.6 Å². The Balaban J connectivity index is 0.00000720. The molecule has 0 aliphatic heterocycles. The maximum Gasteiger partial charge on any atom is 0.407 e. The second kappa shape index (κ2) is 19.0. The molecule has 0 atom stereocenters. The zero-order valence-electron chi connectivity index (χ0n) is 34.1. The maximum atomic E-state index is 12.3. The topological polar surface area (TPSA) is 131 Å². The van der Waals surface area contributed by atoms with E-state index in [1.165, 1.54) is 0 Å². The van der Waals surface area contributed by atoms with E-state index in [1.54, 1.807) is 40.2 Å². The Labute approximate surface area is 335 Å². The molecule has 56 heavy (non-hydrogen) atoms. The molecule has 3 aromatic carbocycles. The van der Waals surface area contributed by atoms with Gasteiger partial charge in [0, 0.05) is 50.1 Å². The minimum absolute atomic E-state index is 0. The van der Waals surface area contributed by atoms with Gasteiger partial charge in [-0.05, 0) is 76.4 Å². The van der Waals surface area contributed by atoms with Crippen molar-refractivity contribution in [3.8, 4) is 28.9 Å². The molecule has 1 amide bonds. The van der Waals surface area contributed by atoms with Crippen molar-refractivity contribution in [1.82, 2.24) is 25.1 Å². The lowest BCUT2D eigenvalue weighted by Gasteiger charge is -2.26. The highest BCUT2D eigenvalue weighted by molar-refractivity contribution is 7.99. The summed E-state index contributed by atoms with van der Waals surface area (Å²) in [5, 5.41) is 13.2. The largest absolute Gasteiger partial charge is 0.497 e. The lowest BCUT2D eigenvalue weighted by atomic mass is 10.1. The van der Waals surface area contributed by atoms with Crippen molar-refractivity contribution in [2.45, 2.75) is 91.0 Å². The molecule has 1 N–H and O–H groups in total. The molecule has 0 spiro atoms. The minimum Gasteiger partial charge on any atom is -0.497 e. The van der Waals surface area contributed by atoms with Crippen LogP contribution in [0.25, 0.3) is 11.0 Å². The number of fused-ring (bicyclic) bond motifs is 1. The Bertz CT molecular complexity index is 2030. The molecule has 0 fully saturated rings. The quantitative estimate of drug-likeness (QED) is 0.0853. The fraction of sp³-hybridized carbons (Fsp3) is 0.429. The molecule has 0 aliphatic rings. The summed E-state index contributed by atoms with van der Waals surface area (Å²) in [7, 11) is 6.56. The first-order valence-corrected chi connectivity index (χ1v) is 19.6. The molecule has 302 valence electrons. The number of ether oxygens (including phenoxy) is 6. The summed E-state index contributed by atoms with van der Waals surface area (Å²) in [6, 6.07) is 19.7.